The molecule has 1 aliphatic heterocycles. The lowest BCUT2D eigenvalue weighted by Gasteiger charge is -2.32. The molecule has 0 N–H and O–H groups in total. The molecule has 0 aromatic carbocycles. The summed E-state index contributed by atoms with van der Waals surface area (Å²) in [5, 5.41) is 0.452. The second kappa shape index (κ2) is 6.63. The third kappa shape index (κ3) is 3.43. The normalized spacial score (nSPS) is 24.4. The van der Waals surface area contributed by atoms with E-state index >= 15 is 0 Å². The third-order valence-electron chi connectivity index (χ3n) is 2.80. The fraction of sp³-hybridized carbons (Fsp3) is 0.769. The molecular formula is C13H22O5S. The van der Waals surface area contributed by atoms with E-state index < -0.39 is 10.5 Å². The van der Waals surface area contributed by atoms with E-state index in [0.29, 0.717) is 31.5 Å². The summed E-state index contributed by atoms with van der Waals surface area (Å²) < 4.78 is 20.5. The van der Waals surface area contributed by atoms with E-state index in [1.54, 1.807) is 13.8 Å². The van der Waals surface area contributed by atoms with Gasteiger partial charge in [0.15, 0.2) is 4.75 Å². The van der Waals surface area contributed by atoms with E-state index in [2.05, 4.69) is 6.58 Å². The van der Waals surface area contributed by atoms with Gasteiger partial charge in [-0.2, -0.15) is 0 Å². The van der Waals surface area contributed by atoms with Crippen molar-refractivity contribution in [2.45, 2.75) is 38.2 Å². The van der Waals surface area contributed by atoms with Crippen LogP contribution in [0.2, 0.25) is 0 Å². The van der Waals surface area contributed by atoms with Crippen molar-refractivity contribution in [2.24, 2.45) is 0 Å². The molecule has 1 saturated heterocycles. The Morgan fingerprint density at radius 3 is 2.32 bits per heavy atom. The zero-order valence-corrected chi connectivity index (χ0v) is 12.8. The van der Waals surface area contributed by atoms with E-state index in [4.69, 9.17) is 18.9 Å². The number of rotatable bonds is 9. The number of hydrogen-bond acceptors (Lipinski definition) is 6. The minimum absolute atomic E-state index is 0.304. The van der Waals surface area contributed by atoms with Crippen molar-refractivity contribution in [3.8, 4) is 0 Å². The molecule has 0 radical (unpaired) electrons. The molecule has 110 valence electrons. The lowest BCUT2D eigenvalue weighted by atomic mass is 10.0. The lowest BCUT2D eigenvalue weighted by Crippen LogP contribution is -2.49. The van der Waals surface area contributed by atoms with E-state index in [1.165, 1.54) is 11.8 Å². The molecule has 5 nitrogen and oxygen atoms in total. The van der Waals surface area contributed by atoms with E-state index in [9.17, 15) is 4.79 Å². The summed E-state index contributed by atoms with van der Waals surface area (Å²) in [6.07, 6.45) is 0. The summed E-state index contributed by atoms with van der Waals surface area (Å²) in [5.74, 6) is -1.33. The van der Waals surface area contributed by atoms with Gasteiger partial charge in [0.2, 0.25) is 5.79 Å². The molecule has 19 heavy (non-hydrogen) atoms. The Balaban J connectivity index is 2.90. The van der Waals surface area contributed by atoms with Gasteiger partial charge in [-0.3, -0.25) is 4.79 Å². The van der Waals surface area contributed by atoms with Crippen molar-refractivity contribution in [1.82, 2.24) is 0 Å². The minimum Gasteiger partial charge on any atom is -0.488 e. The third-order valence-corrected chi connectivity index (χ3v) is 4.03. The van der Waals surface area contributed by atoms with Gasteiger partial charge in [-0.15, -0.1) is 0 Å². The van der Waals surface area contributed by atoms with Crippen LogP contribution in [0.3, 0.4) is 0 Å². The molecule has 2 atom stereocenters. The quantitative estimate of drug-likeness (QED) is 0.369. The Labute approximate surface area is 118 Å². The molecule has 1 rings (SSSR count). The highest BCUT2D eigenvalue weighted by Crippen LogP contribution is 2.50. The summed E-state index contributed by atoms with van der Waals surface area (Å²) in [4.78, 5) is 12.3. The van der Waals surface area contributed by atoms with Gasteiger partial charge < -0.3 is 18.9 Å². The topological polar surface area (TPSA) is 57.3 Å². The molecule has 6 heteroatoms. The van der Waals surface area contributed by atoms with Crippen molar-refractivity contribution in [3.63, 3.8) is 0 Å². The second-order valence-corrected chi connectivity index (χ2v) is 5.61. The maximum atomic E-state index is 12.3. The van der Waals surface area contributed by atoms with Crippen LogP contribution in [0.15, 0.2) is 11.7 Å². The van der Waals surface area contributed by atoms with Gasteiger partial charge >= 0.3 is 5.97 Å². The van der Waals surface area contributed by atoms with Crippen LogP contribution in [0.25, 0.3) is 0 Å². The summed E-state index contributed by atoms with van der Waals surface area (Å²) in [7, 11) is 0. The first-order chi connectivity index (χ1) is 8.95. The minimum atomic E-state index is -1.02. The van der Waals surface area contributed by atoms with Gasteiger partial charge in [0, 0.05) is 6.61 Å². The van der Waals surface area contributed by atoms with Gasteiger partial charge in [0.25, 0.3) is 0 Å². The smallest absolute Gasteiger partial charge is 0.328 e. The summed E-state index contributed by atoms with van der Waals surface area (Å²) >= 11 is 1.19. The van der Waals surface area contributed by atoms with Gasteiger partial charge in [-0.25, -0.2) is 0 Å². The molecule has 0 aromatic heterocycles. The maximum absolute atomic E-state index is 12.3. The molecule has 0 saturated carbocycles. The van der Waals surface area contributed by atoms with Gasteiger partial charge in [0.1, 0.15) is 11.7 Å². The van der Waals surface area contributed by atoms with Gasteiger partial charge in [-0.05, 0) is 34.3 Å². The standard InChI is InChI=1S/C13H22O5S/c1-6-15-10(4)19-12(5,11(14)16-7-2)13(9-18-13)17-8-3/h4,6-9H2,1-3,5H3. The Hall–Kier alpha value is -0.720. The Morgan fingerprint density at radius 1 is 1.32 bits per heavy atom. The van der Waals surface area contributed by atoms with E-state index in [0.717, 1.165) is 0 Å². The van der Waals surface area contributed by atoms with Crippen molar-refractivity contribution in [2.75, 3.05) is 26.4 Å². The average Bonchev–Trinajstić information content (AvgIpc) is 3.11. The van der Waals surface area contributed by atoms with Crippen LogP contribution in [0.1, 0.15) is 27.7 Å². The highest BCUT2D eigenvalue weighted by atomic mass is 32.2. The molecule has 0 spiro atoms. The molecular weight excluding hydrogens is 268 g/mol. The number of hydrogen-bond donors (Lipinski definition) is 0. The van der Waals surface area contributed by atoms with Crippen LogP contribution in [0, 0.1) is 0 Å². The fourth-order valence-corrected chi connectivity index (χ4v) is 2.86. The lowest BCUT2D eigenvalue weighted by molar-refractivity contribution is -0.156. The van der Waals surface area contributed by atoms with Crippen LogP contribution < -0.4 is 0 Å². The zero-order valence-electron chi connectivity index (χ0n) is 12.0. The van der Waals surface area contributed by atoms with E-state index in [-0.39, 0.29) is 5.97 Å². The largest absolute Gasteiger partial charge is 0.488 e. The number of esters is 1. The molecule has 1 heterocycles. The van der Waals surface area contributed by atoms with Crippen LogP contribution in [-0.2, 0) is 23.7 Å². The first-order valence-electron chi connectivity index (χ1n) is 6.41. The number of ether oxygens (including phenoxy) is 4. The van der Waals surface area contributed by atoms with Gasteiger partial charge in [-0.1, -0.05) is 11.8 Å². The second-order valence-electron chi connectivity index (χ2n) is 4.14. The van der Waals surface area contributed by atoms with Crippen molar-refractivity contribution in [3.05, 3.63) is 11.7 Å². The molecule has 0 aromatic rings. The average molecular weight is 290 g/mol. The summed E-state index contributed by atoms with van der Waals surface area (Å²) in [6, 6.07) is 0. The number of epoxide rings is 1. The predicted octanol–water partition coefficient (Wildman–Crippen LogP) is 2.31. The monoisotopic (exact) mass is 290 g/mol. The van der Waals surface area contributed by atoms with Crippen molar-refractivity contribution < 1.29 is 23.7 Å². The fourth-order valence-electron chi connectivity index (χ4n) is 1.76. The first-order valence-corrected chi connectivity index (χ1v) is 7.23. The summed E-state index contributed by atoms with van der Waals surface area (Å²) in [6.45, 7) is 12.6. The molecule has 1 fully saturated rings. The van der Waals surface area contributed by atoms with Crippen molar-refractivity contribution in [1.29, 1.82) is 0 Å². The Bertz CT molecular complexity index is 340. The highest BCUT2D eigenvalue weighted by molar-refractivity contribution is 8.04. The van der Waals surface area contributed by atoms with Gasteiger partial charge in [0.05, 0.1) is 13.2 Å². The van der Waals surface area contributed by atoms with Crippen LogP contribution in [0.5, 0.6) is 0 Å². The van der Waals surface area contributed by atoms with Crippen molar-refractivity contribution >= 4 is 17.7 Å². The highest BCUT2D eigenvalue weighted by Gasteiger charge is 2.66. The first kappa shape index (κ1) is 16.3. The molecule has 1 aliphatic rings. The zero-order chi connectivity index (χ0) is 14.5. The predicted molar refractivity (Wildman–Crippen MR) is 73.7 cm³/mol. The number of carbonyl (C=O) groups is 1. The van der Waals surface area contributed by atoms with Crippen LogP contribution >= 0.6 is 11.8 Å². The maximum Gasteiger partial charge on any atom is 0.328 e. The van der Waals surface area contributed by atoms with E-state index in [1.807, 2.05) is 13.8 Å². The number of thioether (sulfide) groups is 1. The van der Waals surface area contributed by atoms with Crippen LogP contribution in [-0.4, -0.2) is 42.9 Å². The summed E-state index contributed by atoms with van der Waals surface area (Å²) in [5.41, 5.74) is 0. The Kier molecular flexibility index (Phi) is 5.70. The Morgan fingerprint density at radius 2 is 1.89 bits per heavy atom. The molecule has 2 unspecified atom stereocenters. The SMILES string of the molecule is C=C(OCC)SC(C)(C(=O)OCC)C1(OCC)CO1. The molecule has 0 amide bonds. The number of carbonyl (C=O) groups excluding carboxylic acids is 1. The van der Waals surface area contributed by atoms with Crippen LogP contribution in [0.4, 0.5) is 0 Å². The molecule has 0 bridgehead atoms. The molecule has 0 aliphatic carbocycles.